The van der Waals surface area contributed by atoms with Crippen LogP contribution in [0.4, 0.5) is 5.69 Å². The van der Waals surface area contributed by atoms with Gasteiger partial charge in [-0.05, 0) is 6.07 Å². The molecule has 0 radical (unpaired) electrons. The summed E-state index contributed by atoms with van der Waals surface area (Å²) in [5.74, 6) is -0.126. The van der Waals surface area contributed by atoms with E-state index in [1.807, 2.05) is 0 Å². The summed E-state index contributed by atoms with van der Waals surface area (Å²) in [6, 6.07) is 4.43. The Morgan fingerprint density at radius 1 is 1.30 bits per heavy atom. The molecule has 3 heterocycles. The normalized spacial score (nSPS) is 14.0. The van der Waals surface area contributed by atoms with Crippen LogP contribution in [0.5, 0.6) is 0 Å². The van der Waals surface area contributed by atoms with Crippen LogP contribution in [-0.2, 0) is 13.0 Å². The molecule has 1 aliphatic rings. The van der Waals surface area contributed by atoms with Crippen LogP contribution in [0.15, 0.2) is 24.4 Å². The number of non-ortho nitro benzene ring substituents is 1. The van der Waals surface area contributed by atoms with Crippen molar-refractivity contribution in [3.05, 3.63) is 51.5 Å². The molecule has 0 saturated heterocycles. The standard InChI is InChI=1S/C14H12N6O3/c21-14(19-4-3-11-13(7-19)17-18-16-11)10-6-15-12-5-8(20(22)23)1-2-9(10)12/h1-2,5-6,15H,3-4,7H2,(H,16,17,18). The molecule has 116 valence electrons. The molecule has 9 nitrogen and oxygen atoms in total. The van der Waals surface area contributed by atoms with E-state index in [2.05, 4.69) is 20.4 Å². The van der Waals surface area contributed by atoms with Crippen LogP contribution in [0.2, 0.25) is 0 Å². The number of nitro groups is 1. The number of H-pyrrole nitrogens is 2. The van der Waals surface area contributed by atoms with Gasteiger partial charge in [0.25, 0.3) is 11.6 Å². The Balaban J connectivity index is 1.67. The van der Waals surface area contributed by atoms with Crippen molar-refractivity contribution in [1.29, 1.82) is 0 Å². The Morgan fingerprint density at radius 3 is 2.96 bits per heavy atom. The Hall–Kier alpha value is -3.23. The maximum Gasteiger partial charge on any atom is 0.271 e. The van der Waals surface area contributed by atoms with Gasteiger partial charge in [-0.15, -0.1) is 0 Å². The molecule has 0 atom stereocenters. The van der Waals surface area contributed by atoms with Crippen LogP contribution in [0.25, 0.3) is 10.9 Å². The van der Waals surface area contributed by atoms with Crippen molar-refractivity contribution in [3.63, 3.8) is 0 Å². The van der Waals surface area contributed by atoms with E-state index in [-0.39, 0.29) is 11.6 Å². The van der Waals surface area contributed by atoms with Gasteiger partial charge >= 0.3 is 0 Å². The third-order valence-electron chi connectivity index (χ3n) is 4.06. The third kappa shape index (κ3) is 2.13. The lowest BCUT2D eigenvalue weighted by Gasteiger charge is -2.25. The first-order chi connectivity index (χ1) is 11.1. The van der Waals surface area contributed by atoms with E-state index in [0.29, 0.717) is 36.0 Å². The summed E-state index contributed by atoms with van der Waals surface area (Å²) >= 11 is 0. The number of fused-ring (bicyclic) bond motifs is 2. The van der Waals surface area contributed by atoms with E-state index in [9.17, 15) is 14.9 Å². The van der Waals surface area contributed by atoms with Crippen LogP contribution in [0, 0.1) is 10.1 Å². The summed E-state index contributed by atoms with van der Waals surface area (Å²) in [4.78, 5) is 27.7. The first-order valence-corrected chi connectivity index (χ1v) is 7.07. The SMILES string of the molecule is O=C(c1c[nH]c2cc([N+](=O)[O-])ccc12)N1CCc2n[nH]nc2C1. The number of amides is 1. The average Bonchev–Trinajstić information content (AvgIpc) is 3.19. The van der Waals surface area contributed by atoms with E-state index >= 15 is 0 Å². The highest BCUT2D eigenvalue weighted by Gasteiger charge is 2.26. The van der Waals surface area contributed by atoms with E-state index in [1.54, 1.807) is 17.2 Å². The van der Waals surface area contributed by atoms with E-state index in [4.69, 9.17) is 0 Å². The molecule has 2 aromatic heterocycles. The first kappa shape index (κ1) is 13.4. The smallest absolute Gasteiger partial charge is 0.271 e. The van der Waals surface area contributed by atoms with Crippen molar-refractivity contribution in [3.8, 4) is 0 Å². The minimum absolute atomic E-state index is 0.0106. The fourth-order valence-corrected chi connectivity index (χ4v) is 2.85. The number of nitro benzene ring substituents is 1. The maximum absolute atomic E-state index is 12.7. The molecule has 0 unspecified atom stereocenters. The number of hydrogen-bond acceptors (Lipinski definition) is 5. The lowest BCUT2D eigenvalue weighted by atomic mass is 10.1. The monoisotopic (exact) mass is 312 g/mol. The second-order valence-corrected chi connectivity index (χ2v) is 5.38. The molecule has 0 bridgehead atoms. The Labute approximate surface area is 129 Å². The number of carbonyl (C=O) groups is 1. The van der Waals surface area contributed by atoms with E-state index in [1.165, 1.54) is 12.1 Å². The van der Waals surface area contributed by atoms with Gasteiger partial charge in [-0.1, -0.05) is 0 Å². The van der Waals surface area contributed by atoms with Crippen molar-refractivity contribution < 1.29 is 9.72 Å². The highest BCUT2D eigenvalue weighted by molar-refractivity contribution is 6.07. The molecule has 2 N–H and O–H groups in total. The Kier molecular flexibility index (Phi) is 2.86. The fraction of sp³-hybridized carbons (Fsp3) is 0.214. The van der Waals surface area contributed by atoms with Gasteiger partial charge < -0.3 is 9.88 Å². The van der Waals surface area contributed by atoms with Gasteiger partial charge in [-0.2, -0.15) is 15.4 Å². The molecular formula is C14H12N6O3. The molecule has 9 heteroatoms. The molecule has 0 saturated carbocycles. The largest absolute Gasteiger partial charge is 0.360 e. The quantitative estimate of drug-likeness (QED) is 0.547. The zero-order valence-electron chi connectivity index (χ0n) is 11.9. The number of aromatic nitrogens is 4. The summed E-state index contributed by atoms with van der Waals surface area (Å²) in [5, 5.41) is 22.2. The van der Waals surface area contributed by atoms with Crippen molar-refractivity contribution >= 4 is 22.5 Å². The van der Waals surface area contributed by atoms with E-state index in [0.717, 1.165) is 11.4 Å². The number of rotatable bonds is 2. The number of nitrogens with one attached hydrogen (secondary N) is 2. The summed E-state index contributed by atoms with van der Waals surface area (Å²) in [5.41, 5.74) is 2.73. The molecular weight excluding hydrogens is 300 g/mol. The maximum atomic E-state index is 12.7. The van der Waals surface area contributed by atoms with Crippen LogP contribution < -0.4 is 0 Å². The lowest BCUT2D eigenvalue weighted by molar-refractivity contribution is -0.384. The van der Waals surface area contributed by atoms with Gasteiger partial charge in [0, 0.05) is 36.7 Å². The first-order valence-electron chi connectivity index (χ1n) is 7.07. The van der Waals surface area contributed by atoms with Crippen molar-refractivity contribution in [2.75, 3.05) is 6.54 Å². The molecule has 4 rings (SSSR count). The number of nitrogens with zero attached hydrogens (tertiary/aromatic N) is 4. The van der Waals surface area contributed by atoms with Crippen LogP contribution >= 0.6 is 0 Å². The molecule has 0 aliphatic carbocycles. The van der Waals surface area contributed by atoms with Gasteiger partial charge in [0.2, 0.25) is 0 Å². The number of carbonyl (C=O) groups excluding carboxylic acids is 1. The predicted molar refractivity (Wildman–Crippen MR) is 79.8 cm³/mol. The number of benzene rings is 1. The topological polar surface area (TPSA) is 121 Å². The lowest BCUT2D eigenvalue weighted by Crippen LogP contribution is -2.35. The minimum atomic E-state index is -0.460. The average molecular weight is 312 g/mol. The van der Waals surface area contributed by atoms with Crippen molar-refractivity contribution in [1.82, 2.24) is 25.3 Å². The molecule has 3 aromatic rings. The van der Waals surface area contributed by atoms with Crippen LogP contribution in [0.3, 0.4) is 0 Å². The number of aromatic amines is 2. The second-order valence-electron chi connectivity index (χ2n) is 5.38. The molecule has 1 aliphatic heterocycles. The molecule has 1 aromatic carbocycles. The molecule has 1 amide bonds. The molecule has 23 heavy (non-hydrogen) atoms. The molecule has 0 fully saturated rings. The van der Waals surface area contributed by atoms with Crippen LogP contribution in [0.1, 0.15) is 21.7 Å². The zero-order valence-corrected chi connectivity index (χ0v) is 11.9. The summed E-state index contributed by atoms with van der Waals surface area (Å²) in [7, 11) is 0. The van der Waals surface area contributed by atoms with E-state index < -0.39 is 4.92 Å². The van der Waals surface area contributed by atoms with Gasteiger partial charge in [-0.25, -0.2) is 0 Å². The highest BCUT2D eigenvalue weighted by atomic mass is 16.6. The number of hydrogen-bond donors (Lipinski definition) is 2. The Morgan fingerprint density at radius 2 is 2.13 bits per heavy atom. The van der Waals surface area contributed by atoms with Gasteiger partial charge in [-0.3, -0.25) is 14.9 Å². The van der Waals surface area contributed by atoms with Crippen molar-refractivity contribution in [2.24, 2.45) is 0 Å². The Bertz CT molecular complexity index is 928. The highest BCUT2D eigenvalue weighted by Crippen LogP contribution is 2.25. The minimum Gasteiger partial charge on any atom is -0.360 e. The van der Waals surface area contributed by atoms with Crippen molar-refractivity contribution in [2.45, 2.75) is 13.0 Å². The summed E-state index contributed by atoms with van der Waals surface area (Å²) < 4.78 is 0. The predicted octanol–water partition coefficient (Wildman–Crippen LogP) is 1.39. The second kappa shape index (κ2) is 4.90. The fourth-order valence-electron chi connectivity index (χ4n) is 2.85. The summed E-state index contributed by atoms with van der Waals surface area (Å²) in [6.45, 7) is 0.975. The van der Waals surface area contributed by atoms with Crippen LogP contribution in [-0.4, -0.2) is 42.7 Å². The van der Waals surface area contributed by atoms with Gasteiger partial charge in [0.05, 0.1) is 28.2 Å². The van der Waals surface area contributed by atoms with Gasteiger partial charge in [0.15, 0.2) is 0 Å². The zero-order chi connectivity index (χ0) is 16.0. The summed E-state index contributed by atoms with van der Waals surface area (Å²) in [6.07, 6.45) is 2.25. The van der Waals surface area contributed by atoms with Gasteiger partial charge in [0.1, 0.15) is 5.69 Å². The third-order valence-corrected chi connectivity index (χ3v) is 4.06. The molecule has 0 spiro atoms.